The van der Waals surface area contributed by atoms with Gasteiger partial charge in [0.25, 0.3) is 0 Å². The van der Waals surface area contributed by atoms with Crippen LogP contribution in [0.2, 0.25) is 0 Å². The predicted molar refractivity (Wildman–Crippen MR) is 130 cm³/mol. The van der Waals surface area contributed by atoms with Gasteiger partial charge >= 0.3 is 5.97 Å². The highest BCUT2D eigenvalue weighted by Gasteiger charge is 2.19. The summed E-state index contributed by atoms with van der Waals surface area (Å²) in [7, 11) is 1.63. The number of esters is 1. The van der Waals surface area contributed by atoms with E-state index in [1.54, 1.807) is 18.5 Å². The topological polar surface area (TPSA) is 104 Å². The third-order valence-corrected chi connectivity index (χ3v) is 5.83. The van der Waals surface area contributed by atoms with Gasteiger partial charge in [-0.05, 0) is 31.2 Å². The first-order valence-corrected chi connectivity index (χ1v) is 11.4. The number of rotatable bonds is 7. The number of anilines is 2. The summed E-state index contributed by atoms with van der Waals surface area (Å²) in [6.45, 7) is 1.98. The lowest BCUT2D eigenvalue weighted by Gasteiger charge is -2.10. The zero-order valence-electron chi connectivity index (χ0n) is 18.4. The maximum atomic E-state index is 12.5. The monoisotopic (exact) mass is 472 g/mol. The van der Waals surface area contributed by atoms with Gasteiger partial charge in [-0.2, -0.15) is 4.98 Å². The maximum Gasteiger partial charge on any atom is 0.343 e. The highest BCUT2D eigenvalue weighted by molar-refractivity contribution is 7.15. The molecule has 34 heavy (non-hydrogen) atoms. The van der Waals surface area contributed by atoms with E-state index >= 15 is 0 Å². The van der Waals surface area contributed by atoms with E-state index in [0.29, 0.717) is 16.7 Å². The molecule has 0 saturated heterocycles. The quantitative estimate of drug-likeness (QED) is 0.336. The Kier molecular flexibility index (Phi) is 5.88. The van der Waals surface area contributed by atoms with Crippen molar-refractivity contribution in [3.8, 4) is 28.4 Å². The molecule has 9 nitrogen and oxygen atoms in total. The van der Waals surface area contributed by atoms with Gasteiger partial charge in [-0.25, -0.2) is 19.3 Å². The Morgan fingerprint density at radius 3 is 2.59 bits per heavy atom. The Bertz CT molecular complexity index is 1450. The number of ether oxygens (including phenoxy) is 2. The standard InChI is InChI=1S/C24H20N6O3S/c1-3-33-22(31)18-13-25-20(16-7-5-4-6-8-16)26-21(18)27-23-28-24-30(29-23)19(14-34-24)15-9-11-17(32-2)12-10-15/h4-14H,3H2,1-2H3,(H,25,26,27,29). The van der Waals surface area contributed by atoms with Gasteiger partial charge in [-0.3, -0.25) is 0 Å². The Balaban J connectivity index is 1.51. The summed E-state index contributed by atoms with van der Waals surface area (Å²) >= 11 is 1.46. The first-order chi connectivity index (χ1) is 16.7. The fourth-order valence-corrected chi connectivity index (χ4v) is 4.19. The van der Waals surface area contributed by atoms with Crippen LogP contribution in [0.25, 0.3) is 27.6 Å². The molecule has 0 radical (unpaired) electrons. The van der Waals surface area contributed by atoms with E-state index < -0.39 is 5.97 Å². The molecule has 0 bridgehead atoms. The lowest BCUT2D eigenvalue weighted by atomic mass is 10.2. The van der Waals surface area contributed by atoms with E-state index in [9.17, 15) is 4.79 Å². The molecule has 0 atom stereocenters. The minimum Gasteiger partial charge on any atom is -0.497 e. The molecule has 0 unspecified atom stereocenters. The smallest absolute Gasteiger partial charge is 0.343 e. The van der Waals surface area contributed by atoms with Crippen LogP contribution in [-0.2, 0) is 4.74 Å². The Labute approximate surface area is 199 Å². The molecular weight excluding hydrogens is 452 g/mol. The second-order valence-corrected chi connectivity index (χ2v) is 7.98. The van der Waals surface area contributed by atoms with Crippen molar-refractivity contribution in [1.82, 2.24) is 24.6 Å². The number of nitrogens with zero attached hydrogens (tertiary/aromatic N) is 5. The van der Waals surface area contributed by atoms with Crippen molar-refractivity contribution in [1.29, 1.82) is 0 Å². The maximum absolute atomic E-state index is 12.5. The molecule has 0 aliphatic rings. The molecule has 2 aromatic carbocycles. The molecule has 5 rings (SSSR count). The van der Waals surface area contributed by atoms with Crippen LogP contribution in [0.1, 0.15) is 17.3 Å². The van der Waals surface area contributed by atoms with E-state index in [-0.39, 0.29) is 18.0 Å². The number of carbonyl (C=O) groups is 1. The molecule has 5 aromatic rings. The minimum atomic E-state index is -0.524. The zero-order chi connectivity index (χ0) is 23.5. The number of carbonyl (C=O) groups excluding carboxylic acids is 1. The number of nitrogens with one attached hydrogen (secondary N) is 1. The predicted octanol–water partition coefficient (Wildman–Crippen LogP) is 4.84. The summed E-state index contributed by atoms with van der Waals surface area (Å²) in [6.07, 6.45) is 1.46. The van der Waals surface area contributed by atoms with Gasteiger partial charge in [0.1, 0.15) is 11.3 Å². The van der Waals surface area contributed by atoms with Crippen molar-refractivity contribution < 1.29 is 14.3 Å². The van der Waals surface area contributed by atoms with Gasteiger partial charge in [0, 0.05) is 22.7 Å². The fraction of sp³-hybridized carbons (Fsp3) is 0.125. The summed E-state index contributed by atoms with van der Waals surface area (Å²) in [5.74, 6) is 1.31. The van der Waals surface area contributed by atoms with Gasteiger partial charge in [0.05, 0.1) is 19.4 Å². The summed E-state index contributed by atoms with van der Waals surface area (Å²) < 4.78 is 12.2. The number of hydrogen-bond donors (Lipinski definition) is 1. The summed E-state index contributed by atoms with van der Waals surface area (Å²) in [6, 6.07) is 17.2. The summed E-state index contributed by atoms with van der Waals surface area (Å²) in [5, 5.41) is 9.67. The number of fused-ring (bicyclic) bond motifs is 1. The SMILES string of the molecule is CCOC(=O)c1cnc(-c2ccccc2)nc1Nc1nc2scc(-c3ccc(OC)cc3)n2n1. The van der Waals surface area contributed by atoms with Crippen molar-refractivity contribution in [3.63, 3.8) is 0 Å². The molecule has 0 saturated carbocycles. The molecule has 1 N–H and O–H groups in total. The van der Waals surface area contributed by atoms with E-state index in [0.717, 1.165) is 22.6 Å². The van der Waals surface area contributed by atoms with Crippen LogP contribution in [0.3, 0.4) is 0 Å². The molecule has 0 aliphatic heterocycles. The lowest BCUT2D eigenvalue weighted by molar-refractivity contribution is 0.0526. The highest BCUT2D eigenvalue weighted by Crippen LogP contribution is 2.29. The van der Waals surface area contributed by atoms with Crippen LogP contribution in [0.5, 0.6) is 5.75 Å². The van der Waals surface area contributed by atoms with Crippen molar-refractivity contribution in [2.75, 3.05) is 19.0 Å². The average molecular weight is 473 g/mol. The Morgan fingerprint density at radius 1 is 1.06 bits per heavy atom. The Morgan fingerprint density at radius 2 is 1.85 bits per heavy atom. The van der Waals surface area contributed by atoms with Crippen LogP contribution < -0.4 is 10.1 Å². The highest BCUT2D eigenvalue weighted by atomic mass is 32.1. The normalized spacial score (nSPS) is 10.9. The largest absolute Gasteiger partial charge is 0.497 e. The van der Waals surface area contributed by atoms with E-state index in [4.69, 9.17) is 9.47 Å². The molecule has 170 valence electrons. The fourth-order valence-electron chi connectivity index (χ4n) is 3.36. The van der Waals surface area contributed by atoms with Gasteiger partial charge < -0.3 is 14.8 Å². The number of thiazole rings is 1. The molecular formula is C24H20N6O3S. The first-order valence-electron chi connectivity index (χ1n) is 10.5. The number of hydrogen-bond acceptors (Lipinski definition) is 9. The first kappa shape index (κ1) is 21.5. The van der Waals surface area contributed by atoms with Crippen molar-refractivity contribution in [2.45, 2.75) is 6.92 Å². The number of methoxy groups -OCH3 is 1. The number of aromatic nitrogens is 5. The summed E-state index contributed by atoms with van der Waals surface area (Å²) in [5.41, 5.74) is 2.89. The third kappa shape index (κ3) is 4.18. The molecule has 3 heterocycles. The summed E-state index contributed by atoms with van der Waals surface area (Å²) in [4.78, 5) is 26.7. The third-order valence-electron chi connectivity index (χ3n) is 5.01. The second-order valence-electron chi connectivity index (χ2n) is 7.15. The van der Waals surface area contributed by atoms with Crippen LogP contribution in [0, 0.1) is 0 Å². The lowest BCUT2D eigenvalue weighted by Crippen LogP contribution is -2.11. The number of benzene rings is 2. The molecule has 0 fully saturated rings. The van der Waals surface area contributed by atoms with E-state index in [2.05, 4.69) is 25.4 Å². The van der Waals surface area contributed by atoms with Crippen LogP contribution >= 0.6 is 11.3 Å². The van der Waals surface area contributed by atoms with Crippen LogP contribution in [0.4, 0.5) is 11.8 Å². The van der Waals surface area contributed by atoms with Crippen LogP contribution in [-0.4, -0.2) is 44.3 Å². The van der Waals surface area contributed by atoms with Gasteiger partial charge in [-0.15, -0.1) is 16.4 Å². The molecule has 0 spiro atoms. The average Bonchev–Trinajstić information content (AvgIpc) is 3.45. The minimum absolute atomic E-state index is 0.204. The second kappa shape index (κ2) is 9.28. The van der Waals surface area contributed by atoms with Crippen LogP contribution in [0.15, 0.2) is 66.2 Å². The van der Waals surface area contributed by atoms with Crippen molar-refractivity contribution in [2.24, 2.45) is 0 Å². The van der Waals surface area contributed by atoms with Crippen molar-refractivity contribution in [3.05, 3.63) is 71.7 Å². The molecule has 0 aliphatic carbocycles. The van der Waals surface area contributed by atoms with E-state index in [1.165, 1.54) is 17.5 Å². The molecule has 10 heteroatoms. The van der Waals surface area contributed by atoms with Gasteiger partial charge in [0.15, 0.2) is 11.6 Å². The molecule has 3 aromatic heterocycles. The molecule has 0 amide bonds. The Hall–Kier alpha value is -4.31. The zero-order valence-corrected chi connectivity index (χ0v) is 19.2. The van der Waals surface area contributed by atoms with Gasteiger partial charge in [0.2, 0.25) is 10.9 Å². The van der Waals surface area contributed by atoms with E-state index in [1.807, 2.05) is 60.0 Å². The van der Waals surface area contributed by atoms with Crippen molar-refractivity contribution >= 4 is 34.0 Å². The van der Waals surface area contributed by atoms with Gasteiger partial charge in [-0.1, -0.05) is 30.3 Å².